The van der Waals surface area contributed by atoms with E-state index < -0.39 is 5.82 Å². The number of nitrogens with one attached hydrogen (secondary N) is 1. The van der Waals surface area contributed by atoms with Gasteiger partial charge in [-0.2, -0.15) is 0 Å². The van der Waals surface area contributed by atoms with Crippen molar-refractivity contribution in [2.75, 3.05) is 13.6 Å². The number of pyridine rings is 1. The molecular weight excluding hydrogens is 231 g/mol. The highest BCUT2D eigenvalue weighted by Crippen LogP contribution is 2.31. The van der Waals surface area contributed by atoms with Crippen LogP contribution < -0.4 is 10.1 Å². The number of ether oxygens (including phenoxy) is 1. The standard InChI is InChI=1S/C11H14ClFN2O/c1-14-5-7-2-9(3-7)16-11-10(13)4-8(12)6-15-11/h4,6-7,9,14H,2-3,5H2,1H3. The summed E-state index contributed by atoms with van der Waals surface area (Å²) in [6, 6.07) is 1.22. The molecule has 0 spiro atoms. The van der Waals surface area contributed by atoms with E-state index in [0.29, 0.717) is 5.92 Å². The van der Waals surface area contributed by atoms with Gasteiger partial charge in [0.15, 0.2) is 5.82 Å². The number of hydrogen-bond acceptors (Lipinski definition) is 3. The summed E-state index contributed by atoms with van der Waals surface area (Å²) in [7, 11) is 1.93. The Bertz CT molecular complexity index is 369. The second kappa shape index (κ2) is 4.97. The largest absolute Gasteiger partial charge is 0.472 e. The molecule has 0 atom stereocenters. The van der Waals surface area contributed by atoms with Crippen LogP contribution in [0.25, 0.3) is 0 Å². The lowest BCUT2D eigenvalue weighted by molar-refractivity contribution is 0.0578. The number of aromatic nitrogens is 1. The third-order valence-electron chi connectivity index (χ3n) is 2.74. The highest BCUT2D eigenvalue weighted by atomic mass is 35.5. The Balaban J connectivity index is 1.87. The van der Waals surface area contributed by atoms with Crippen LogP contribution in [0.2, 0.25) is 5.02 Å². The zero-order valence-corrected chi connectivity index (χ0v) is 9.80. The van der Waals surface area contributed by atoms with Gasteiger partial charge in [0.2, 0.25) is 0 Å². The van der Waals surface area contributed by atoms with Crippen molar-refractivity contribution in [1.29, 1.82) is 0 Å². The summed E-state index contributed by atoms with van der Waals surface area (Å²) in [6.07, 6.45) is 3.38. The van der Waals surface area contributed by atoms with Crippen LogP contribution in [0.4, 0.5) is 4.39 Å². The molecule has 0 radical (unpaired) electrons. The minimum Gasteiger partial charge on any atom is -0.472 e. The van der Waals surface area contributed by atoms with Crippen LogP contribution in [0.5, 0.6) is 5.88 Å². The van der Waals surface area contributed by atoms with Gasteiger partial charge in [0.1, 0.15) is 6.10 Å². The lowest BCUT2D eigenvalue weighted by Gasteiger charge is -2.34. The first-order valence-corrected chi connectivity index (χ1v) is 5.69. The average Bonchev–Trinajstić information content (AvgIpc) is 2.18. The van der Waals surface area contributed by atoms with Gasteiger partial charge < -0.3 is 10.1 Å². The summed E-state index contributed by atoms with van der Waals surface area (Å²) in [5.74, 6) is 0.187. The molecule has 1 N–H and O–H groups in total. The summed E-state index contributed by atoms with van der Waals surface area (Å²) in [6.45, 7) is 0.983. The molecule has 2 rings (SSSR count). The molecule has 1 fully saturated rings. The van der Waals surface area contributed by atoms with Crippen LogP contribution in [0.3, 0.4) is 0 Å². The fourth-order valence-corrected chi connectivity index (χ4v) is 2.02. The minimum absolute atomic E-state index is 0.0531. The van der Waals surface area contributed by atoms with Gasteiger partial charge in [0, 0.05) is 6.20 Å². The Morgan fingerprint density at radius 3 is 3.00 bits per heavy atom. The second-order valence-electron chi connectivity index (χ2n) is 4.08. The maximum Gasteiger partial charge on any atom is 0.250 e. The third-order valence-corrected chi connectivity index (χ3v) is 2.94. The van der Waals surface area contributed by atoms with Crippen molar-refractivity contribution in [3.8, 4) is 5.88 Å². The normalized spacial score (nSPS) is 23.9. The van der Waals surface area contributed by atoms with Crippen molar-refractivity contribution in [2.24, 2.45) is 5.92 Å². The minimum atomic E-state index is -0.496. The lowest BCUT2D eigenvalue weighted by Crippen LogP contribution is -2.38. The maximum atomic E-state index is 13.3. The molecule has 1 aliphatic rings. The zero-order valence-electron chi connectivity index (χ0n) is 9.04. The molecule has 1 saturated carbocycles. The molecule has 0 saturated heterocycles. The first-order chi connectivity index (χ1) is 7.69. The highest BCUT2D eigenvalue weighted by molar-refractivity contribution is 6.30. The monoisotopic (exact) mass is 244 g/mol. The first-order valence-electron chi connectivity index (χ1n) is 5.31. The van der Waals surface area contributed by atoms with Crippen molar-refractivity contribution in [1.82, 2.24) is 10.3 Å². The fraction of sp³-hybridized carbons (Fsp3) is 0.545. The van der Waals surface area contributed by atoms with Crippen molar-refractivity contribution in [2.45, 2.75) is 18.9 Å². The van der Waals surface area contributed by atoms with Gasteiger partial charge in [-0.1, -0.05) is 11.6 Å². The van der Waals surface area contributed by atoms with Crippen molar-refractivity contribution in [3.05, 3.63) is 23.1 Å². The highest BCUT2D eigenvalue weighted by Gasteiger charge is 2.31. The Hall–Kier alpha value is -0.870. The van der Waals surface area contributed by atoms with Crippen molar-refractivity contribution < 1.29 is 9.13 Å². The molecule has 5 heteroatoms. The maximum absolute atomic E-state index is 13.3. The molecule has 1 heterocycles. The Kier molecular flexibility index (Phi) is 3.61. The Labute approximate surface area is 99.0 Å². The van der Waals surface area contributed by atoms with Gasteiger partial charge in [0.05, 0.1) is 5.02 Å². The third kappa shape index (κ3) is 2.62. The lowest BCUT2D eigenvalue weighted by atomic mass is 9.82. The number of hydrogen-bond donors (Lipinski definition) is 1. The van der Waals surface area contributed by atoms with Crippen LogP contribution in [0, 0.1) is 11.7 Å². The average molecular weight is 245 g/mol. The van der Waals surface area contributed by atoms with Gasteiger partial charge in [-0.05, 0) is 38.4 Å². The summed E-state index contributed by atoms with van der Waals surface area (Å²) in [5, 5.41) is 3.39. The van der Waals surface area contributed by atoms with Crippen molar-refractivity contribution >= 4 is 11.6 Å². The predicted octanol–water partition coefficient (Wildman–Crippen LogP) is 2.25. The van der Waals surface area contributed by atoms with E-state index in [-0.39, 0.29) is 17.0 Å². The van der Waals surface area contributed by atoms with Crippen LogP contribution in [-0.4, -0.2) is 24.7 Å². The van der Waals surface area contributed by atoms with E-state index in [1.54, 1.807) is 0 Å². The van der Waals surface area contributed by atoms with Crippen LogP contribution in [0.1, 0.15) is 12.8 Å². The first kappa shape index (κ1) is 11.6. The summed E-state index contributed by atoms with van der Waals surface area (Å²) >= 11 is 5.60. The molecule has 3 nitrogen and oxygen atoms in total. The quantitative estimate of drug-likeness (QED) is 0.882. The van der Waals surface area contributed by atoms with Gasteiger partial charge >= 0.3 is 0 Å². The summed E-state index contributed by atoms with van der Waals surface area (Å²) in [4.78, 5) is 3.83. The van der Waals surface area contributed by atoms with E-state index in [2.05, 4.69) is 10.3 Å². The van der Waals surface area contributed by atoms with Crippen LogP contribution in [-0.2, 0) is 0 Å². The van der Waals surface area contributed by atoms with Gasteiger partial charge in [0.25, 0.3) is 5.88 Å². The summed E-state index contributed by atoms with van der Waals surface area (Å²) in [5.41, 5.74) is 0. The zero-order chi connectivity index (χ0) is 11.5. The topological polar surface area (TPSA) is 34.1 Å². The number of rotatable bonds is 4. The molecule has 0 amide bonds. The molecule has 1 aliphatic carbocycles. The molecule has 0 aliphatic heterocycles. The molecular formula is C11H14ClFN2O. The number of halogens is 2. The summed E-state index contributed by atoms with van der Waals surface area (Å²) < 4.78 is 18.8. The Morgan fingerprint density at radius 1 is 1.62 bits per heavy atom. The van der Waals surface area contributed by atoms with Gasteiger partial charge in [-0.15, -0.1) is 0 Å². The number of nitrogens with zero attached hydrogens (tertiary/aromatic N) is 1. The van der Waals surface area contributed by atoms with E-state index in [1.165, 1.54) is 12.3 Å². The van der Waals surface area contributed by atoms with E-state index in [4.69, 9.17) is 16.3 Å². The van der Waals surface area contributed by atoms with Crippen LogP contribution in [0.15, 0.2) is 12.3 Å². The molecule has 0 unspecified atom stereocenters. The van der Waals surface area contributed by atoms with Gasteiger partial charge in [-0.3, -0.25) is 0 Å². The SMILES string of the molecule is CNCC1CC(Oc2ncc(Cl)cc2F)C1. The van der Waals surface area contributed by atoms with E-state index in [0.717, 1.165) is 19.4 Å². The smallest absolute Gasteiger partial charge is 0.250 e. The molecule has 1 aromatic rings. The van der Waals surface area contributed by atoms with Gasteiger partial charge in [-0.25, -0.2) is 9.37 Å². The fourth-order valence-electron chi connectivity index (χ4n) is 1.87. The molecule has 88 valence electrons. The molecule has 0 bridgehead atoms. The predicted molar refractivity (Wildman–Crippen MR) is 60.3 cm³/mol. The van der Waals surface area contributed by atoms with Crippen LogP contribution >= 0.6 is 11.6 Å². The van der Waals surface area contributed by atoms with E-state index in [9.17, 15) is 4.39 Å². The second-order valence-corrected chi connectivity index (χ2v) is 4.51. The molecule has 16 heavy (non-hydrogen) atoms. The van der Waals surface area contributed by atoms with E-state index in [1.807, 2.05) is 7.05 Å². The Morgan fingerprint density at radius 2 is 2.38 bits per heavy atom. The van der Waals surface area contributed by atoms with E-state index >= 15 is 0 Å². The molecule has 1 aromatic heterocycles. The van der Waals surface area contributed by atoms with Crippen molar-refractivity contribution in [3.63, 3.8) is 0 Å². The molecule has 0 aromatic carbocycles.